The Hall–Kier alpha value is -3.07. The minimum Gasteiger partial charge on any atom is -0.493 e. The van der Waals surface area contributed by atoms with E-state index in [0.717, 1.165) is 16.7 Å². The first-order valence-corrected chi connectivity index (χ1v) is 10.5. The van der Waals surface area contributed by atoms with E-state index < -0.39 is 24.2 Å². The van der Waals surface area contributed by atoms with E-state index in [-0.39, 0.29) is 23.6 Å². The second kappa shape index (κ2) is 9.43. The molecule has 0 bridgehead atoms. The largest absolute Gasteiger partial charge is 0.493 e. The average Bonchev–Trinajstić information content (AvgIpc) is 3.12. The summed E-state index contributed by atoms with van der Waals surface area (Å²) < 4.78 is 51.8. The molecule has 1 amide bonds. The lowest BCUT2D eigenvalue weighted by molar-refractivity contribution is -0.302. The molecule has 1 aliphatic rings. The molecule has 0 saturated heterocycles. The summed E-state index contributed by atoms with van der Waals surface area (Å²) in [6, 6.07) is 10.5. The SMILES string of the molecule is COc1ccc(CCCC(=O)N2N=C(c3cc(C)cc(C)c3)CC2(O)C(F)(F)F)cc1OC. The van der Waals surface area contributed by atoms with Crippen LogP contribution in [0, 0.1) is 13.8 Å². The Bertz CT molecular complexity index is 1050. The Balaban J connectivity index is 1.78. The third-order valence-corrected chi connectivity index (χ3v) is 5.53. The minimum absolute atomic E-state index is 0.0230. The Labute approximate surface area is 190 Å². The van der Waals surface area contributed by atoms with Gasteiger partial charge in [0, 0.05) is 6.42 Å². The first-order valence-electron chi connectivity index (χ1n) is 10.5. The number of hydrazone groups is 1. The predicted octanol–water partition coefficient (Wildman–Crippen LogP) is 4.53. The monoisotopic (exact) mass is 464 g/mol. The molecule has 0 spiro atoms. The van der Waals surface area contributed by atoms with Crippen LogP contribution < -0.4 is 9.47 Å². The summed E-state index contributed by atoms with van der Waals surface area (Å²) in [6.07, 6.45) is -5.39. The molecule has 0 fully saturated rings. The summed E-state index contributed by atoms with van der Waals surface area (Å²) in [6.45, 7) is 3.64. The van der Waals surface area contributed by atoms with Gasteiger partial charge in [-0.2, -0.15) is 23.3 Å². The van der Waals surface area contributed by atoms with Gasteiger partial charge in [-0.3, -0.25) is 4.79 Å². The number of aliphatic hydroxyl groups is 1. The Kier molecular flexibility index (Phi) is 7.02. The number of hydrogen-bond donors (Lipinski definition) is 1. The van der Waals surface area contributed by atoms with Crippen LogP contribution in [0.25, 0.3) is 0 Å². The fourth-order valence-electron chi connectivity index (χ4n) is 3.92. The van der Waals surface area contributed by atoms with E-state index in [9.17, 15) is 23.1 Å². The number of nitrogens with zero attached hydrogens (tertiary/aromatic N) is 2. The van der Waals surface area contributed by atoms with Crippen LogP contribution in [0.2, 0.25) is 0 Å². The molecule has 1 heterocycles. The summed E-state index contributed by atoms with van der Waals surface area (Å²) in [5.41, 5.74) is -0.357. The zero-order chi connectivity index (χ0) is 24.4. The molecule has 0 aliphatic carbocycles. The Morgan fingerprint density at radius 2 is 1.73 bits per heavy atom. The molecule has 1 N–H and O–H groups in total. The summed E-state index contributed by atoms with van der Waals surface area (Å²) in [7, 11) is 3.02. The zero-order valence-electron chi connectivity index (χ0n) is 19.0. The van der Waals surface area contributed by atoms with E-state index in [1.165, 1.54) is 14.2 Å². The van der Waals surface area contributed by atoms with E-state index >= 15 is 0 Å². The highest BCUT2D eigenvalue weighted by Crippen LogP contribution is 2.42. The van der Waals surface area contributed by atoms with Crippen molar-refractivity contribution in [2.75, 3.05) is 14.2 Å². The van der Waals surface area contributed by atoms with E-state index in [1.54, 1.807) is 30.3 Å². The van der Waals surface area contributed by atoms with E-state index in [2.05, 4.69) is 5.10 Å². The number of amides is 1. The van der Waals surface area contributed by atoms with Crippen LogP contribution in [0.15, 0.2) is 41.5 Å². The first-order chi connectivity index (χ1) is 15.5. The van der Waals surface area contributed by atoms with Gasteiger partial charge in [0.25, 0.3) is 5.72 Å². The Morgan fingerprint density at radius 1 is 1.09 bits per heavy atom. The number of benzene rings is 2. The van der Waals surface area contributed by atoms with Crippen LogP contribution in [0.4, 0.5) is 13.2 Å². The summed E-state index contributed by atoms with van der Waals surface area (Å²) in [4.78, 5) is 12.7. The number of hydrogen-bond acceptors (Lipinski definition) is 5. The van der Waals surface area contributed by atoms with Gasteiger partial charge in [-0.05, 0) is 49.9 Å². The molecule has 9 heteroatoms. The average molecular weight is 464 g/mol. The highest BCUT2D eigenvalue weighted by molar-refractivity contribution is 6.03. The minimum atomic E-state index is -5.06. The van der Waals surface area contributed by atoms with Gasteiger partial charge < -0.3 is 14.6 Å². The topological polar surface area (TPSA) is 71.4 Å². The van der Waals surface area contributed by atoms with E-state index in [4.69, 9.17) is 9.47 Å². The number of carbonyl (C=O) groups is 1. The van der Waals surface area contributed by atoms with Gasteiger partial charge in [0.05, 0.1) is 26.4 Å². The molecule has 33 heavy (non-hydrogen) atoms. The quantitative estimate of drug-likeness (QED) is 0.654. The van der Waals surface area contributed by atoms with Crippen molar-refractivity contribution >= 4 is 11.6 Å². The number of ether oxygens (including phenoxy) is 2. The molecule has 6 nitrogen and oxygen atoms in total. The summed E-state index contributed by atoms with van der Waals surface area (Å²) >= 11 is 0. The van der Waals surface area contributed by atoms with Crippen LogP contribution in [-0.2, 0) is 11.2 Å². The first kappa shape index (κ1) is 24.6. The molecule has 178 valence electrons. The van der Waals surface area contributed by atoms with Crippen molar-refractivity contribution in [3.8, 4) is 11.5 Å². The van der Waals surface area contributed by atoms with E-state index in [0.29, 0.717) is 23.5 Å². The van der Waals surface area contributed by atoms with Gasteiger partial charge in [0.2, 0.25) is 5.91 Å². The van der Waals surface area contributed by atoms with Crippen molar-refractivity contribution in [3.63, 3.8) is 0 Å². The van der Waals surface area contributed by atoms with Crippen molar-refractivity contribution < 1.29 is 32.5 Å². The third kappa shape index (κ3) is 5.13. The van der Waals surface area contributed by atoms with Crippen LogP contribution in [0.1, 0.15) is 41.5 Å². The standard InChI is InChI=1S/C24H27F3N2O4/c1-15-10-16(2)12-18(11-15)19-14-23(31,24(25,26)27)29(28-19)22(30)7-5-6-17-8-9-20(32-3)21(13-17)33-4/h8-13,31H,5-7,14H2,1-4H3. The number of halogens is 3. The van der Waals surface area contributed by atoms with Gasteiger partial charge in [-0.25, -0.2) is 0 Å². The second-order valence-electron chi connectivity index (χ2n) is 8.16. The van der Waals surface area contributed by atoms with Crippen molar-refractivity contribution in [1.29, 1.82) is 0 Å². The van der Waals surface area contributed by atoms with Crippen molar-refractivity contribution in [3.05, 3.63) is 58.7 Å². The molecule has 3 rings (SSSR count). The number of rotatable bonds is 7. The van der Waals surface area contributed by atoms with E-state index in [1.807, 2.05) is 19.9 Å². The molecule has 1 unspecified atom stereocenters. The highest BCUT2D eigenvalue weighted by Gasteiger charge is 2.63. The maximum absolute atomic E-state index is 13.8. The number of aryl methyl sites for hydroxylation is 3. The van der Waals surface area contributed by atoms with Gasteiger partial charge in [-0.15, -0.1) is 0 Å². The fraction of sp³-hybridized carbons (Fsp3) is 0.417. The molecular formula is C24H27F3N2O4. The normalized spacial score (nSPS) is 18.3. The Morgan fingerprint density at radius 3 is 2.30 bits per heavy atom. The summed E-state index contributed by atoms with van der Waals surface area (Å²) in [5.74, 6) is 0.183. The number of methoxy groups -OCH3 is 2. The lowest BCUT2D eigenvalue weighted by Gasteiger charge is -2.32. The number of alkyl halides is 3. The van der Waals surface area contributed by atoms with Gasteiger partial charge in [-0.1, -0.05) is 35.4 Å². The van der Waals surface area contributed by atoms with Crippen LogP contribution >= 0.6 is 0 Å². The van der Waals surface area contributed by atoms with Crippen LogP contribution in [0.5, 0.6) is 11.5 Å². The predicted molar refractivity (Wildman–Crippen MR) is 117 cm³/mol. The number of carbonyl (C=O) groups excluding carboxylic acids is 1. The molecule has 1 aliphatic heterocycles. The molecule has 1 atom stereocenters. The van der Waals surface area contributed by atoms with Gasteiger partial charge in [0.1, 0.15) is 0 Å². The lowest BCUT2D eigenvalue weighted by Crippen LogP contribution is -2.56. The molecule has 0 radical (unpaired) electrons. The lowest BCUT2D eigenvalue weighted by atomic mass is 9.98. The smallest absolute Gasteiger partial charge is 0.438 e. The molecule has 0 aromatic heterocycles. The van der Waals surface area contributed by atoms with Crippen LogP contribution in [-0.4, -0.2) is 47.9 Å². The van der Waals surface area contributed by atoms with Crippen molar-refractivity contribution in [1.82, 2.24) is 5.01 Å². The fourth-order valence-corrected chi connectivity index (χ4v) is 3.92. The highest BCUT2D eigenvalue weighted by atomic mass is 19.4. The third-order valence-electron chi connectivity index (χ3n) is 5.53. The van der Waals surface area contributed by atoms with Gasteiger partial charge in [0.15, 0.2) is 11.5 Å². The second-order valence-corrected chi connectivity index (χ2v) is 8.16. The molecule has 0 saturated carbocycles. The maximum Gasteiger partial charge on any atom is 0.438 e. The zero-order valence-corrected chi connectivity index (χ0v) is 19.0. The van der Waals surface area contributed by atoms with Crippen molar-refractivity contribution in [2.24, 2.45) is 5.10 Å². The molecule has 2 aromatic rings. The molecule has 2 aromatic carbocycles. The summed E-state index contributed by atoms with van der Waals surface area (Å²) in [5, 5.41) is 14.6. The van der Waals surface area contributed by atoms with Crippen molar-refractivity contribution in [2.45, 2.75) is 51.4 Å². The molecular weight excluding hydrogens is 437 g/mol. The van der Waals surface area contributed by atoms with Crippen LogP contribution in [0.3, 0.4) is 0 Å². The van der Waals surface area contributed by atoms with Gasteiger partial charge >= 0.3 is 6.18 Å². The maximum atomic E-state index is 13.8.